The van der Waals surface area contributed by atoms with Gasteiger partial charge in [0.15, 0.2) is 4.32 Å². The van der Waals surface area contributed by atoms with E-state index in [4.69, 9.17) is 28.6 Å². The summed E-state index contributed by atoms with van der Waals surface area (Å²) in [7, 11) is 0. The summed E-state index contributed by atoms with van der Waals surface area (Å²) in [4.78, 5) is 35.7. The molecule has 0 N–H and O–H groups in total. The van der Waals surface area contributed by atoms with Gasteiger partial charge in [-0.3, -0.25) is 29.9 Å². The molecule has 1 saturated heterocycles. The maximum atomic E-state index is 13.0. The van der Waals surface area contributed by atoms with Crippen molar-refractivity contribution in [1.82, 2.24) is 0 Å². The monoisotopic (exact) mass is 513 g/mol. The highest BCUT2D eigenvalue weighted by Crippen LogP contribution is 2.39. The number of thioether (sulfide) groups is 1. The van der Waals surface area contributed by atoms with Gasteiger partial charge in [0.2, 0.25) is 5.75 Å². The third-order valence-electron chi connectivity index (χ3n) is 4.65. The van der Waals surface area contributed by atoms with Gasteiger partial charge in [0, 0.05) is 16.7 Å². The Kier molecular flexibility index (Phi) is 6.59. The predicted molar refractivity (Wildman–Crippen MR) is 133 cm³/mol. The number of rotatable bonds is 6. The van der Waals surface area contributed by atoms with Gasteiger partial charge in [0.1, 0.15) is 5.75 Å². The molecule has 0 aromatic heterocycles. The Balaban J connectivity index is 1.67. The van der Waals surface area contributed by atoms with E-state index in [0.717, 1.165) is 30.0 Å². The van der Waals surface area contributed by atoms with E-state index >= 15 is 0 Å². The Morgan fingerprint density at radius 3 is 2.35 bits per heavy atom. The molecule has 1 fully saturated rings. The van der Waals surface area contributed by atoms with E-state index in [0.29, 0.717) is 25.5 Å². The van der Waals surface area contributed by atoms with E-state index < -0.39 is 21.2 Å². The van der Waals surface area contributed by atoms with Gasteiger partial charge in [0.25, 0.3) is 11.6 Å². The van der Waals surface area contributed by atoms with Crippen molar-refractivity contribution < 1.29 is 19.4 Å². The van der Waals surface area contributed by atoms with Gasteiger partial charge in [-0.15, -0.1) is 0 Å². The number of nitrogens with zero attached hydrogens (tertiary/aromatic N) is 3. The molecule has 0 spiro atoms. The highest BCUT2D eigenvalue weighted by atomic mass is 35.5. The molecule has 3 aromatic rings. The highest BCUT2D eigenvalue weighted by molar-refractivity contribution is 8.27. The zero-order valence-electron chi connectivity index (χ0n) is 16.9. The number of carbonyl (C=O) groups is 1. The van der Waals surface area contributed by atoms with Crippen LogP contribution in [0.5, 0.6) is 11.5 Å². The van der Waals surface area contributed by atoms with Crippen LogP contribution in [0.2, 0.25) is 5.02 Å². The van der Waals surface area contributed by atoms with Crippen molar-refractivity contribution in [3.63, 3.8) is 0 Å². The standard InChI is InChI=1S/C22H12ClN3O6S2/c23-14-5-7-15(8-6-14)24-21(27)20(34-22(24)33)11-13-3-1-2-4-18(13)32-19-10-9-16(25(28)29)12-17(19)26(30)31/h1-12H/b20-11-. The smallest absolute Gasteiger partial charge is 0.318 e. The average molecular weight is 514 g/mol. The average Bonchev–Trinajstić information content (AvgIpc) is 3.08. The SMILES string of the molecule is O=C1/C(=C/c2ccccc2Oc2ccc([N+](=O)[O-])cc2[N+](=O)[O-])SC(=S)N1c1ccc(Cl)cc1. The molecular formula is C22H12ClN3O6S2. The number of hydrogen-bond donors (Lipinski definition) is 0. The third-order valence-corrected chi connectivity index (χ3v) is 6.21. The molecule has 1 aliphatic heterocycles. The van der Waals surface area contributed by atoms with Gasteiger partial charge in [-0.2, -0.15) is 0 Å². The van der Waals surface area contributed by atoms with E-state index in [-0.39, 0.29) is 17.4 Å². The molecule has 12 heteroatoms. The lowest BCUT2D eigenvalue weighted by Crippen LogP contribution is -2.27. The van der Waals surface area contributed by atoms with Gasteiger partial charge in [-0.25, -0.2) is 0 Å². The second-order valence-electron chi connectivity index (χ2n) is 6.80. The summed E-state index contributed by atoms with van der Waals surface area (Å²) < 4.78 is 6.08. The first kappa shape index (κ1) is 23.4. The minimum Gasteiger partial charge on any atom is -0.449 e. The first-order valence-electron chi connectivity index (χ1n) is 9.48. The molecule has 0 atom stereocenters. The number of non-ortho nitro benzene ring substituents is 1. The molecule has 0 radical (unpaired) electrons. The Bertz CT molecular complexity index is 1380. The second kappa shape index (κ2) is 9.59. The summed E-state index contributed by atoms with van der Waals surface area (Å²) in [6.07, 6.45) is 1.57. The lowest BCUT2D eigenvalue weighted by molar-refractivity contribution is -0.394. The van der Waals surface area contributed by atoms with E-state index in [1.807, 2.05) is 0 Å². The van der Waals surface area contributed by atoms with Crippen molar-refractivity contribution in [2.45, 2.75) is 0 Å². The Labute approximate surface area is 206 Å². The second-order valence-corrected chi connectivity index (χ2v) is 8.91. The predicted octanol–water partition coefficient (Wildman–Crippen LogP) is 6.35. The topological polar surface area (TPSA) is 116 Å². The van der Waals surface area contributed by atoms with E-state index in [1.165, 1.54) is 4.90 Å². The van der Waals surface area contributed by atoms with Crippen molar-refractivity contribution in [3.8, 4) is 11.5 Å². The summed E-state index contributed by atoms with van der Waals surface area (Å²) in [5.74, 6) is -0.296. The lowest BCUT2D eigenvalue weighted by atomic mass is 10.1. The summed E-state index contributed by atoms with van der Waals surface area (Å²) in [6.45, 7) is 0. The fraction of sp³-hybridized carbons (Fsp3) is 0. The largest absolute Gasteiger partial charge is 0.449 e. The van der Waals surface area contributed by atoms with Crippen LogP contribution in [0.15, 0.2) is 71.6 Å². The minimum absolute atomic E-state index is 0.176. The molecule has 1 amide bonds. The van der Waals surface area contributed by atoms with Crippen molar-refractivity contribution in [3.05, 3.63) is 102 Å². The van der Waals surface area contributed by atoms with Crippen LogP contribution in [0.4, 0.5) is 17.1 Å². The van der Waals surface area contributed by atoms with Crippen LogP contribution < -0.4 is 9.64 Å². The Morgan fingerprint density at radius 1 is 0.971 bits per heavy atom. The summed E-state index contributed by atoms with van der Waals surface area (Å²) >= 11 is 12.4. The summed E-state index contributed by atoms with van der Waals surface area (Å²) in [6, 6.07) is 16.4. The highest BCUT2D eigenvalue weighted by Gasteiger charge is 2.33. The van der Waals surface area contributed by atoms with Crippen LogP contribution in [0.25, 0.3) is 6.08 Å². The van der Waals surface area contributed by atoms with Gasteiger partial charge >= 0.3 is 5.69 Å². The number of nitro groups is 2. The van der Waals surface area contributed by atoms with Crippen molar-refractivity contribution >= 4 is 68.9 Å². The molecule has 0 unspecified atom stereocenters. The molecule has 0 aliphatic carbocycles. The van der Waals surface area contributed by atoms with E-state index in [9.17, 15) is 25.0 Å². The molecule has 170 valence electrons. The number of anilines is 1. The maximum absolute atomic E-state index is 13.0. The first-order chi connectivity index (χ1) is 16.2. The molecular weight excluding hydrogens is 502 g/mol. The van der Waals surface area contributed by atoms with E-state index in [2.05, 4.69) is 0 Å². The molecule has 4 rings (SSSR count). The van der Waals surface area contributed by atoms with Gasteiger partial charge in [0.05, 0.1) is 26.5 Å². The summed E-state index contributed by atoms with van der Waals surface area (Å²) in [5, 5.41) is 22.9. The number of benzene rings is 3. The van der Waals surface area contributed by atoms with Crippen molar-refractivity contribution in [2.24, 2.45) is 0 Å². The normalized spacial score (nSPS) is 14.5. The van der Waals surface area contributed by atoms with Crippen LogP contribution in [0.3, 0.4) is 0 Å². The summed E-state index contributed by atoms with van der Waals surface area (Å²) in [5.41, 5.74) is 0.0457. The van der Waals surface area contributed by atoms with Crippen LogP contribution >= 0.6 is 35.6 Å². The third kappa shape index (κ3) is 4.76. The number of thiocarbonyl (C=S) groups is 1. The van der Waals surface area contributed by atoms with Crippen LogP contribution in [-0.4, -0.2) is 20.1 Å². The number of nitro benzene ring substituents is 2. The quantitative estimate of drug-likeness (QED) is 0.162. The van der Waals surface area contributed by atoms with Crippen LogP contribution in [0, 0.1) is 20.2 Å². The molecule has 9 nitrogen and oxygen atoms in total. The molecule has 0 bridgehead atoms. The Morgan fingerprint density at radius 2 is 1.68 bits per heavy atom. The number of amides is 1. The van der Waals surface area contributed by atoms with Gasteiger partial charge in [-0.1, -0.05) is 53.8 Å². The lowest BCUT2D eigenvalue weighted by Gasteiger charge is -2.14. The zero-order chi connectivity index (χ0) is 24.4. The molecule has 34 heavy (non-hydrogen) atoms. The number of halogens is 1. The van der Waals surface area contributed by atoms with Crippen LogP contribution in [-0.2, 0) is 4.79 Å². The van der Waals surface area contributed by atoms with Crippen LogP contribution in [0.1, 0.15) is 5.56 Å². The first-order valence-corrected chi connectivity index (χ1v) is 11.1. The van der Waals surface area contributed by atoms with Crippen molar-refractivity contribution in [1.29, 1.82) is 0 Å². The molecule has 1 heterocycles. The van der Waals surface area contributed by atoms with Gasteiger partial charge in [-0.05, 0) is 42.5 Å². The molecule has 0 saturated carbocycles. The Hall–Kier alpha value is -3.80. The zero-order valence-corrected chi connectivity index (χ0v) is 19.3. The van der Waals surface area contributed by atoms with Crippen molar-refractivity contribution in [2.75, 3.05) is 4.90 Å². The van der Waals surface area contributed by atoms with Gasteiger partial charge < -0.3 is 4.74 Å². The van der Waals surface area contributed by atoms with E-state index in [1.54, 1.807) is 54.6 Å². The number of hydrogen-bond acceptors (Lipinski definition) is 8. The number of ether oxygens (including phenoxy) is 1. The fourth-order valence-electron chi connectivity index (χ4n) is 3.08. The minimum atomic E-state index is -0.762. The fourth-order valence-corrected chi connectivity index (χ4v) is 4.50. The number of carbonyl (C=O) groups excluding carboxylic acids is 1. The molecule has 3 aromatic carbocycles. The number of para-hydroxylation sites is 1. The maximum Gasteiger partial charge on any atom is 0.318 e. The molecule has 1 aliphatic rings.